The van der Waals surface area contributed by atoms with Crippen molar-refractivity contribution >= 4 is 11.7 Å². The molecular weight excluding hydrogens is 261 g/mol. The maximum Gasteiger partial charge on any atom is 0.317 e. The minimum Gasteiger partial charge on any atom is -0.389 e. The molecular formula is C14H18FN3O2. The molecule has 2 fully saturated rings. The third kappa shape index (κ3) is 2.10. The van der Waals surface area contributed by atoms with E-state index in [4.69, 9.17) is 0 Å². The van der Waals surface area contributed by atoms with Gasteiger partial charge in [0.2, 0.25) is 0 Å². The molecule has 2 aliphatic heterocycles. The molecule has 108 valence electrons. The summed E-state index contributed by atoms with van der Waals surface area (Å²) in [4.78, 5) is 15.3. The van der Waals surface area contributed by atoms with Crippen LogP contribution in [0.15, 0.2) is 18.2 Å². The summed E-state index contributed by atoms with van der Waals surface area (Å²) in [5.41, 5.74) is 1.05. The molecule has 2 atom stereocenters. The zero-order chi connectivity index (χ0) is 14.3. The lowest BCUT2D eigenvalue weighted by Crippen LogP contribution is -2.52. The van der Waals surface area contributed by atoms with Gasteiger partial charge in [-0.15, -0.1) is 0 Å². The van der Waals surface area contributed by atoms with E-state index in [1.54, 1.807) is 24.0 Å². The number of carbonyl (C=O) groups is 1. The molecule has 2 saturated heterocycles. The summed E-state index contributed by atoms with van der Waals surface area (Å²) in [5.74, 6) is -0.325. The highest BCUT2D eigenvalue weighted by molar-refractivity contribution is 5.77. The second-order valence-electron chi connectivity index (χ2n) is 5.33. The van der Waals surface area contributed by atoms with Crippen molar-refractivity contribution in [2.75, 3.05) is 31.1 Å². The lowest BCUT2D eigenvalue weighted by atomic mass is 10.0. The Morgan fingerprint density at radius 2 is 2.25 bits per heavy atom. The maximum atomic E-state index is 14.2. The Morgan fingerprint density at radius 1 is 1.45 bits per heavy atom. The molecule has 3 rings (SSSR count). The number of rotatable bonds is 2. The number of aliphatic hydroxyl groups excluding tert-OH is 1. The van der Waals surface area contributed by atoms with Crippen LogP contribution in [-0.2, 0) is 0 Å². The van der Waals surface area contributed by atoms with Crippen LogP contribution < -0.4 is 10.2 Å². The summed E-state index contributed by atoms with van der Waals surface area (Å²) < 4.78 is 14.2. The van der Waals surface area contributed by atoms with Crippen LogP contribution in [0, 0.1) is 5.82 Å². The molecule has 0 saturated carbocycles. The van der Waals surface area contributed by atoms with E-state index in [9.17, 15) is 14.3 Å². The largest absolute Gasteiger partial charge is 0.389 e. The summed E-state index contributed by atoms with van der Waals surface area (Å²) >= 11 is 0. The van der Waals surface area contributed by atoms with E-state index in [1.165, 1.54) is 6.07 Å². The normalized spacial score (nSPS) is 23.6. The van der Waals surface area contributed by atoms with Gasteiger partial charge >= 0.3 is 6.03 Å². The van der Waals surface area contributed by atoms with Gasteiger partial charge in [0.15, 0.2) is 0 Å². The smallest absolute Gasteiger partial charge is 0.317 e. The Balaban J connectivity index is 1.89. The fourth-order valence-electron chi connectivity index (χ4n) is 3.01. The summed E-state index contributed by atoms with van der Waals surface area (Å²) in [6, 6.07) is 4.79. The van der Waals surface area contributed by atoms with Crippen molar-refractivity contribution in [3.05, 3.63) is 29.6 Å². The Bertz CT molecular complexity index is 535. The number of para-hydroxylation sites is 1. The van der Waals surface area contributed by atoms with E-state index in [0.29, 0.717) is 37.4 Å². The molecule has 0 spiro atoms. The van der Waals surface area contributed by atoms with E-state index in [-0.39, 0.29) is 17.9 Å². The first kappa shape index (κ1) is 13.2. The number of carbonyl (C=O) groups excluding carboxylic acids is 1. The van der Waals surface area contributed by atoms with E-state index in [0.717, 1.165) is 0 Å². The van der Waals surface area contributed by atoms with Crippen molar-refractivity contribution in [2.24, 2.45) is 0 Å². The Morgan fingerprint density at radius 3 is 3.00 bits per heavy atom. The van der Waals surface area contributed by atoms with Gasteiger partial charge in [-0.05, 0) is 13.0 Å². The molecule has 0 radical (unpaired) electrons. The van der Waals surface area contributed by atoms with Crippen LogP contribution >= 0.6 is 0 Å². The number of hydrogen-bond acceptors (Lipinski definition) is 3. The van der Waals surface area contributed by atoms with Crippen LogP contribution in [0.2, 0.25) is 0 Å². The van der Waals surface area contributed by atoms with E-state index < -0.39 is 6.10 Å². The highest BCUT2D eigenvalue weighted by atomic mass is 19.1. The summed E-state index contributed by atoms with van der Waals surface area (Å²) in [7, 11) is 0. The van der Waals surface area contributed by atoms with Gasteiger partial charge < -0.3 is 20.2 Å². The summed E-state index contributed by atoms with van der Waals surface area (Å²) in [6.07, 6.45) is -0.720. The Labute approximate surface area is 117 Å². The monoisotopic (exact) mass is 279 g/mol. The first-order valence-electron chi connectivity index (χ1n) is 6.84. The number of piperazine rings is 1. The van der Waals surface area contributed by atoms with Crippen molar-refractivity contribution in [2.45, 2.75) is 19.1 Å². The lowest BCUT2D eigenvalue weighted by Gasteiger charge is -2.39. The number of nitrogens with zero attached hydrogens (tertiary/aromatic N) is 2. The molecule has 2 aliphatic rings. The molecule has 2 heterocycles. The average molecular weight is 279 g/mol. The van der Waals surface area contributed by atoms with Crippen molar-refractivity contribution in [1.82, 2.24) is 10.2 Å². The zero-order valence-electron chi connectivity index (χ0n) is 11.3. The summed E-state index contributed by atoms with van der Waals surface area (Å²) in [6.45, 7) is 3.96. The van der Waals surface area contributed by atoms with E-state index in [1.807, 2.05) is 4.90 Å². The molecule has 20 heavy (non-hydrogen) atoms. The second-order valence-corrected chi connectivity index (χ2v) is 5.33. The number of urea groups is 1. The van der Waals surface area contributed by atoms with Gasteiger partial charge in [-0.2, -0.15) is 0 Å². The van der Waals surface area contributed by atoms with Crippen molar-refractivity contribution in [3.8, 4) is 0 Å². The Kier molecular flexibility index (Phi) is 3.25. The number of halogens is 1. The third-order valence-corrected chi connectivity index (χ3v) is 4.02. The van der Waals surface area contributed by atoms with Gasteiger partial charge in [-0.3, -0.25) is 0 Å². The second kappa shape index (κ2) is 4.94. The highest BCUT2D eigenvalue weighted by Gasteiger charge is 2.36. The van der Waals surface area contributed by atoms with Gasteiger partial charge in [0.25, 0.3) is 0 Å². The molecule has 2 amide bonds. The van der Waals surface area contributed by atoms with Crippen LogP contribution in [-0.4, -0.2) is 48.3 Å². The summed E-state index contributed by atoms with van der Waals surface area (Å²) in [5, 5.41) is 12.6. The van der Waals surface area contributed by atoms with Gasteiger partial charge in [0, 0.05) is 31.7 Å². The molecule has 2 N–H and O–H groups in total. The number of hydrogen-bond donors (Lipinski definition) is 2. The quantitative estimate of drug-likeness (QED) is 0.852. The van der Waals surface area contributed by atoms with Crippen molar-refractivity contribution < 1.29 is 14.3 Å². The molecule has 1 unspecified atom stereocenters. The molecule has 6 heteroatoms. The molecule has 0 aliphatic carbocycles. The number of nitrogens with one attached hydrogen (secondary N) is 1. The topological polar surface area (TPSA) is 55.8 Å². The molecule has 0 aromatic heterocycles. The van der Waals surface area contributed by atoms with Crippen LogP contribution in [0.25, 0.3) is 0 Å². The van der Waals surface area contributed by atoms with Gasteiger partial charge in [0.05, 0.1) is 17.8 Å². The standard InChI is InChI=1S/C14H18FN3O2/c1-9(19)11-3-2-4-12(15)13(11)17-5-6-18-10(8-17)7-16-14(18)20/h2-4,9-10,19H,5-8H2,1H3,(H,16,20)/t9-,10?/m0/s1. The van der Waals surface area contributed by atoms with E-state index in [2.05, 4.69) is 5.32 Å². The first-order chi connectivity index (χ1) is 9.58. The predicted molar refractivity (Wildman–Crippen MR) is 73.1 cm³/mol. The SMILES string of the molecule is C[C@H](O)c1cccc(F)c1N1CCN2C(=O)NCC2C1. The lowest BCUT2D eigenvalue weighted by molar-refractivity contribution is 0.193. The number of amides is 2. The number of fused-ring (bicyclic) bond motifs is 1. The van der Waals surface area contributed by atoms with E-state index >= 15 is 0 Å². The zero-order valence-corrected chi connectivity index (χ0v) is 11.3. The van der Waals surface area contributed by atoms with Crippen LogP contribution in [0.4, 0.5) is 14.9 Å². The van der Waals surface area contributed by atoms with Gasteiger partial charge in [-0.25, -0.2) is 9.18 Å². The first-order valence-corrected chi connectivity index (χ1v) is 6.84. The molecule has 5 nitrogen and oxygen atoms in total. The van der Waals surface area contributed by atoms with Crippen molar-refractivity contribution in [3.63, 3.8) is 0 Å². The fourth-order valence-corrected chi connectivity index (χ4v) is 3.01. The maximum absolute atomic E-state index is 14.2. The van der Waals surface area contributed by atoms with Crippen molar-refractivity contribution in [1.29, 1.82) is 0 Å². The molecule has 0 bridgehead atoms. The predicted octanol–water partition coefficient (Wildman–Crippen LogP) is 1.09. The van der Waals surface area contributed by atoms with Crippen LogP contribution in [0.1, 0.15) is 18.6 Å². The molecule has 1 aromatic carbocycles. The molecule has 1 aromatic rings. The minimum atomic E-state index is -0.720. The van der Waals surface area contributed by atoms with Crippen LogP contribution in [0.3, 0.4) is 0 Å². The average Bonchev–Trinajstić information content (AvgIpc) is 2.79. The van der Waals surface area contributed by atoms with Gasteiger partial charge in [0.1, 0.15) is 5.82 Å². The van der Waals surface area contributed by atoms with Gasteiger partial charge in [-0.1, -0.05) is 12.1 Å². The number of aliphatic hydroxyl groups is 1. The van der Waals surface area contributed by atoms with Crippen LogP contribution in [0.5, 0.6) is 0 Å². The number of benzene rings is 1. The third-order valence-electron chi connectivity index (χ3n) is 4.02. The fraction of sp³-hybridized carbons (Fsp3) is 0.500. The Hall–Kier alpha value is -1.82. The number of anilines is 1. The minimum absolute atomic E-state index is 0.0427. The highest BCUT2D eigenvalue weighted by Crippen LogP contribution is 2.31.